The van der Waals surface area contributed by atoms with Crippen molar-refractivity contribution in [1.29, 1.82) is 0 Å². The molecule has 2 heterocycles. The summed E-state index contributed by atoms with van der Waals surface area (Å²) in [6, 6.07) is 7.88. The molecule has 1 aromatic carbocycles. The van der Waals surface area contributed by atoms with Crippen LogP contribution in [0.15, 0.2) is 29.6 Å². The van der Waals surface area contributed by atoms with E-state index in [0.717, 1.165) is 41.5 Å². The normalized spacial score (nSPS) is 20.5. The Balaban J connectivity index is 0.00000176. The monoisotopic (exact) mass is 337 g/mol. The first-order chi connectivity index (χ1) is 10.1. The Kier molecular flexibility index (Phi) is 5.21. The van der Waals surface area contributed by atoms with Crippen LogP contribution in [0.2, 0.25) is 0 Å². The highest BCUT2D eigenvalue weighted by molar-refractivity contribution is 7.09. The second kappa shape index (κ2) is 6.77. The average molecular weight is 338 g/mol. The molecule has 1 aromatic heterocycles. The number of benzene rings is 1. The van der Waals surface area contributed by atoms with E-state index < -0.39 is 0 Å². The molecule has 4 nitrogen and oxygen atoms in total. The minimum absolute atomic E-state index is 0. The molecule has 1 fully saturated rings. The van der Waals surface area contributed by atoms with Crippen molar-refractivity contribution in [2.24, 2.45) is 5.41 Å². The fraction of sp³-hybridized carbons (Fsp3) is 0.375. The van der Waals surface area contributed by atoms with Gasteiger partial charge in [0, 0.05) is 23.2 Å². The molecule has 6 heteroatoms. The third-order valence-electron chi connectivity index (χ3n) is 3.95. The molecule has 0 saturated carbocycles. The number of hydrogen-bond donors (Lipinski definition) is 2. The van der Waals surface area contributed by atoms with E-state index in [2.05, 4.69) is 15.6 Å². The number of carbonyl (C=O) groups excluding carboxylic acids is 1. The number of carbonyl (C=O) groups is 1. The van der Waals surface area contributed by atoms with Gasteiger partial charge in [-0.05, 0) is 38.9 Å². The van der Waals surface area contributed by atoms with E-state index in [-0.39, 0.29) is 23.7 Å². The summed E-state index contributed by atoms with van der Waals surface area (Å²) in [6.07, 6.45) is 0.879. The second-order valence-electron chi connectivity index (χ2n) is 5.77. The Morgan fingerprint density at radius 1 is 1.45 bits per heavy atom. The van der Waals surface area contributed by atoms with Crippen molar-refractivity contribution in [2.75, 3.05) is 18.4 Å². The topological polar surface area (TPSA) is 54.0 Å². The minimum Gasteiger partial charge on any atom is -0.326 e. The molecule has 0 spiro atoms. The number of hydrogen-bond acceptors (Lipinski definition) is 4. The third kappa shape index (κ3) is 3.48. The molecule has 22 heavy (non-hydrogen) atoms. The van der Waals surface area contributed by atoms with Gasteiger partial charge in [0.25, 0.3) is 0 Å². The summed E-state index contributed by atoms with van der Waals surface area (Å²) in [7, 11) is 0. The SMILES string of the molecule is Cc1nc(-c2cccc(NC(=O)C3(C)CCNC3)c2)cs1.Cl. The predicted molar refractivity (Wildman–Crippen MR) is 93.8 cm³/mol. The van der Waals surface area contributed by atoms with E-state index in [1.807, 2.05) is 43.5 Å². The zero-order chi connectivity index (χ0) is 14.9. The summed E-state index contributed by atoms with van der Waals surface area (Å²) >= 11 is 1.63. The molecule has 1 unspecified atom stereocenters. The van der Waals surface area contributed by atoms with E-state index >= 15 is 0 Å². The average Bonchev–Trinajstić information content (AvgIpc) is 3.09. The summed E-state index contributed by atoms with van der Waals surface area (Å²) < 4.78 is 0. The van der Waals surface area contributed by atoms with Gasteiger partial charge in [-0.3, -0.25) is 4.79 Å². The number of thiazole rings is 1. The lowest BCUT2D eigenvalue weighted by molar-refractivity contribution is -0.123. The highest BCUT2D eigenvalue weighted by Crippen LogP contribution is 2.28. The van der Waals surface area contributed by atoms with E-state index in [1.54, 1.807) is 11.3 Å². The maximum atomic E-state index is 12.4. The molecule has 118 valence electrons. The molecule has 1 aliphatic rings. The number of nitrogens with one attached hydrogen (secondary N) is 2. The van der Waals surface area contributed by atoms with Crippen molar-refractivity contribution in [3.8, 4) is 11.3 Å². The van der Waals surface area contributed by atoms with E-state index in [9.17, 15) is 4.79 Å². The third-order valence-corrected chi connectivity index (χ3v) is 4.73. The van der Waals surface area contributed by atoms with Crippen LogP contribution in [0.4, 0.5) is 5.69 Å². The van der Waals surface area contributed by atoms with Crippen LogP contribution in [0.5, 0.6) is 0 Å². The fourth-order valence-corrected chi connectivity index (χ4v) is 3.17. The molecule has 1 saturated heterocycles. The van der Waals surface area contributed by atoms with Gasteiger partial charge in [-0.2, -0.15) is 0 Å². The lowest BCUT2D eigenvalue weighted by Crippen LogP contribution is -2.35. The number of amides is 1. The summed E-state index contributed by atoms with van der Waals surface area (Å²) in [6.45, 7) is 5.65. The van der Waals surface area contributed by atoms with E-state index in [1.165, 1.54) is 0 Å². The fourth-order valence-electron chi connectivity index (χ4n) is 2.55. The molecule has 2 aromatic rings. The zero-order valence-electron chi connectivity index (χ0n) is 12.7. The molecule has 1 amide bonds. The lowest BCUT2D eigenvalue weighted by atomic mass is 9.88. The van der Waals surface area contributed by atoms with Crippen LogP contribution in [0.3, 0.4) is 0 Å². The van der Waals surface area contributed by atoms with Gasteiger partial charge in [-0.15, -0.1) is 23.7 Å². The molecule has 1 atom stereocenters. The maximum absolute atomic E-state index is 12.4. The van der Waals surface area contributed by atoms with Gasteiger partial charge in [0.1, 0.15) is 0 Å². The first-order valence-corrected chi connectivity index (χ1v) is 8.00. The molecule has 0 radical (unpaired) electrons. The Morgan fingerprint density at radius 2 is 2.27 bits per heavy atom. The smallest absolute Gasteiger partial charge is 0.231 e. The van der Waals surface area contributed by atoms with Crippen LogP contribution in [0, 0.1) is 12.3 Å². The van der Waals surface area contributed by atoms with Gasteiger partial charge in [0.2, 0.25) is 5.91 Å². The summed E-state index contributed by atoms with van der Waals surface area (Å²) in [5, 5.41) is 9.37. The van der Waals surface area contributed by atoms with E-state index in [4.69, 9.17) is 0 Å². The van der Waals surface area contributed by atoms with Crippen LogP contribution in [0.1, 0.15) is 18.4 Å². The summed E-state index contributed by atoms with van der Waals surface area (Å²) in [4.78, 5) is 16.9. The number of nitrogens with zero attached hydrogens (tertiary/aromatic N) is 1. The standard InChI is InChI=1S/C16H19N3OS.ClH/c1-11-18-14(9-21-11)12-4-3-5-13(8-12)19-15(20)16(2)6-7-17-10-16;/h3-5,8-9,17H,6-7,10H2,1-2H3,(H,19,20);1H. The largest absolute Gasteiger partial charge is 0.326 e. The number of halogens is 1. The number of aryl methyl sites for hydroxylation is 1. The van der Waals surface area contributed by atoms with Gasteiger partial charge in [-0.25, -0.2) is 4.98 Å². The Morgan fingerprint density at radius 3 is 2.91 bits per heavy atom. The van der Waals surface area contributed by atoms with Gasteiger partial charge < -0.3 is 10.6 Å². The van der Waals surface area contributed by atoms with Crippen molar-refractivity contribution in [3.63, 3.8) is 0 Å². The number of rotatable bonds is 3. The van der Waals surface area contributed by atoms with Crippen LogP contribution < -0.4 is 10.6 Å². The molecule has 1 aliphatic heterocycles. The van der Waals surface area contributed by atoms with E-state index in [0.29, 0.717) is 0 Å². The van der Waals surface area contributed by atoms with Crippen LogP contribution in [0.25, 0.3) is 11.3 Å². The van der Waals surface area contributed by atoms with Crippen LogP contribution >= 0.6 is 23.7 Å². The predicted octanol–water partition coefficient (Wildman–Crippen LogP) is 3.48. The van der Waals surface area contributed by atoms with Crippen molar-refractivity contribution < 1.29 is 4.79 Å². The second-order valence-corrected chi connectivity index (χ2v) is 6.84. The molecule has 0 bridgehead atoms. The molecular weight excluding hydrogens is 318 g/mol. The quantitative estimate of drug-likeness (QED) is 0.901. The Bertz CT molecular complexity index is 665. The molecular formula is C16H20ClN3OS. The lowest BCUT2D eigenvalue weighted by Gasteiger charge is -2.21. The van der Waals surface area contributed by atoms with Crippen molar-refractivity contribution in [2.45, 2.75) is 20.3 Å². The van der Waals surface area contributed by atoms with Crippen molar-refractivity contribution in [1.82, 2.24) is 10.3 Å². The number of aromatic nitrogens is 1. The Labute approximate surface area is 140 Å². The zero-order valence-corrected chi connectivity index (χ0v) is 14.3. The van der Waals surface area contributed by atoms with Gasteiger partial charge >= 0.3 is 0 Å². The Hall–Kier alpha value is -1.43. The summed E-state index contributed by atoms with van der Waals surface area (Å²) in [5.74, 6) is 0.0825. The first kappa shape index (κ1) is 16.9. The van der Waals surface area contributed by atoms with Gasteiger partial charge in [0.05, 0.1) is 16.1 Å². The van der Waals surface area contributed by atoms with Crippen LogP contribution in [-0.4, -0.2) is 24.0 Å². The highest BCUT2D eigenvalue weighted by Gasteiger charge is 2.36. The first-order valence-electron chi connectivity index (χ1n) is 7.12. The van der Waals surface area contributed by atoms with Crippen molar-refractivity contribution >= 4 is 35.3 Å². The molecule has 3 rings (SSSR count). The summed E-state index contributed by atoms with van der Waals surface area (Å²) in [5.41, 5.74) is 2.51. The van der Waals surface area contributed by atoms with Crippen molar-refractivity contribution in [3.05, 3.63) is 34.7 Å². The van der Waals surface area contributed by atoms with Gasteiger partial charge in [-0.1, -0.05) is 12.1 Å². The van der Waals surface area contributed by atoms with Gasteiger partial charge in [0.15, 0.2) is 0 Å². The highest BCUT2D eigenvalue weighted by atomic mass is 35.5. The molecule has 2 N–H and O–H groups in total. The molecule has 0 aliphatic carbocycles. The number of anilines is 1. The van der Waals surface area contributed by atoms with Crippen LogP contribution in [-0.2, 0) is 4.79 Å². The maximum Gasteiger partial charge on any atom is 0.231 e. The minimum atomic E-state index is -0.312.